The molecule has 0 spiro atoms. The van der Waals surface area contributed by atoms with Crippen LogP contribution >= 0.6 is 0 Å². The van der Waals surface area contributed by atoms with Crippen LogP contribution in [0.5, 0.6) is 0 Å². The quantitative estimate of drug-likeness (QED) is 0.633. The Kier molecular flexibility index (Phi) is 1.59. The van der Waals surface area contributed by atoms with Crippen LogP contribution < -0.4 is 0 Å². The van der Waals surface area contributed by atoms with Crippen LogP contribution in [0.4, 0.5) is 0 Å². The molecule has 0 N–H and O–H groups in total. The second-order valence-electron chi connectivity index (χ2n) is 2.50. The molecule has 2 heterocycles. The second kappa shape index (κ2) is 2.74. The maximum Gasteiger partial charge on any atom is 0.0891 e. The van der Waals surface area contributed by atoms with Crippen molar-refractivity contribution in [3.8, 4) is 0 Å². The van der Waals surface area contributed by atoms with Crippen LogP contribution in [0.2, 0.25) is 0 Å². The first-order valence-corrected chi connectivity index (χ1v) is 3.73. The first kappa shape index (κ1) is 6.98. The molecule has 0 bridgehead atoms. The third-order valence-electron chi connectivity index (χ3n) is 1.80. The zero-order chi connectivity index (χ0) is 8.39. The van der Waals surface area contributed by atoms with Crippen molar-refractivity contribution >= 4 is 17.0 Å². The number of hydrogen-bond acceptors (Lipinski definition) is 2. The van der Waals surface area contributed by atoms with Crippen molar-refractivity contribution in [2.75, 3.05) is 0 Å². The summed E-state index contributed by atoms with van der Waals surface area (Å²) in [5, 5.41) is 1.10. The molecule has 2 heteroatoms. The van der Waals surface area contributed by atoms with E-state index in [-0.39, 0.29) is 0 Å². The lowest BCUT2D eigenvalue weighted by molar-refractivity contribution is 1.31. The summed E-state index contributed by atoms with van der Waals surface area (Å²) >= 11 is 0. The lowest BCUT2D eigenvalue weighted by Crippen LogP contribution is -1.82. The molecule has 12 heavy (non-hydrogen) atoms. The van der Waals surface area contributed by atoms with Gasteiger partial charge in [0.05, 0.1) is 11.7 Å². The van der Waals surface area contributed by atoms with Gasteiger partial charge in [0.25, 0.3) is 0 Å². The van der Waals surface area contributed by atoms with Crippen molar-refractivity contribution in [1.29, 1.82) is 0 Å². The van der Waals surface area contributed by atoms with Crippen LogP contribution in [-0.2, 0) is 0 Å². The monoisotopic (exact) mass is 156 g/mol. The Labute approximate surface area is 70.6 Å². The van der Waals surface area contributed by atoms with Gasteiger partial charge in [0, 0.05) is 17.8 Å². The minimum absolute atomic E-state index is 0.912. The van der Waals surface area contributed by atoms with Gasteiger partial charge in [-0.05, 0) is 17.7 Å². The Morgan fingerprint density at radius 2 is 2.17 bits per heavy atom. The Morgan fingerprint density at radius 1 is 1.25 bits per heavy atom. The summed E-state index contributed by atoms with van der Waals surface area (Å²) in [4.78, 5) is 8.17. The molecule has 0 saturated heterocycles. The average Bonchev–Trinajstić information content (AvgIpc) is 2.17. The summed E-state index contributed by atoms with van der Waals surface area (Å²) in [5.41, 5.74) is 2.01. The molecule has 58 valence electrons. The number of pyridine rings is 2. The molecule has 2 aromatic heterocycles. The average molecular weight is 156 g/mol. The van der Waals surface area contributed by atoms with E-state index in [1.54, 1.807) is 18.6 Å². The Hall–Kier alpha value is -1.70. The van der Waals surface area contributed by atoms with Gasteiger partial charge in [-0.2, -0.15) is 0 Å². The zero-order valence-corrected chi connectivity index (χ0v) is 6.57. The fourth-order valence-electron chi connectivity index (χ4n) is 1.20. The van der Waals surface area contributed by atoms with E-state index in [1.807, 2.05) is 18.2 Å². The number of hydrogen-bond donors (Lipinski definition) is 0. The Morgan fingerprint density at radius 3 is 3.00 bits per heavy atom. The highest BCUT2D eigenvalue weighted by atomic mass is 14.7. The summed E-state index contributed by atoms with van der Waals surface area (Å²) in [6.07, 6.45) is 7.10. The van der Waals surface area contributed by atoms with E-state index in [1.165, 1.54) is 0 Å². The Bertz CT molecular complexity index is 416. The van der Waals surface area contributed by atoms with E-state index in [4.69, 9.17) is 0 Å². The van der Waals surface area contributed by atoms with Gasteiger partial charge in [-0.1, -0.05) is 12.7 Å². The Balaban J connectivity index is 2.88. The molecule has 0 aromatic carbocycles. The van der Waals surface area contributed by atoms with Crippen molar-refractivity contribution in [2.24, 2.45) is 0 Å². The molecule has 2 aromatic rings. The fourth-order valence-corrected chi connectivity index (χ4v) is 1.20. The van der Waals surface area contributed by atoms with Gasteiger partial charge in [-0.15, -0.1) is 0 Å². The smallest absolute Gasteiger partial charge is 0.0891 e. The van der Waals surface area contributed by atoms with Crippen LogP contribution in [-0.4, -0.2) is 9.97 Å². The van der Waals surface area contributed by atoms with Crippen LogP contribution in [0.1, 0.15) is 5.56 Å². The third-order valence-corrected chi connectivity index (χ3v) is 1.80. The van der Waals surface area contributed by atoms with Gasteiger partial charge in [-0.25, -0.2) is 0 Å². The van der Waals surface area contributed by atoms with Crippen molar-refractivity contribution in [3.05, 3.63) is 42.9 Å². The number of fused-ring (bicyclic) bond motifs is 1. The van der Waals surface area contributed by atoms with Gasteiger partial charge >= 0.3 is 0 Å². The van der Waals surface area contributed by atoms with Crippen LogP contribution in [0.25, 0.3) is 17.0 Å². The molecule has 0 saturated carbocycles. The number of aromatic nitrogens is 2. The first-order chi connectivity index (χ1) is 5.92. The SMILES string of the molecule is C=Cc1ccnc2cnccc12. The van der Waals surface area contributed by atoms with Crippen molar-refractivity contribution in [2.45, 2.75) is 0 Å². The highest BCUT2D eigenvalue weighted by Crippen LogP contribution is 2.15. The normalized spacial score (nSPS) is 10.0. The molecule has 0 amide bonds. The molecule has 0 aliphatic carbocycles. The van der Waals surface area contributed by atoms with Crippen molar-refractivity contribution in [1.82, 2.24) is 9.97 Å². The molecule has 0 aliphatic rings. The van der Waals surface area contributed by atoms with E-state index in [9.17, 15) is 0 Å². The fraction of sp³-hybridized carbons (Fsp3) is 0. The topological polar surface area (TPSA) is 25.8 Å². The molecular formula is C10H8N2. The second-order valence-corrected chi connectivity index (χ2v) is 2.50. The largest absolute Gasteiger partial charge is 0.262 e. The van der Waals surface area contributed by atoms with E-state index in [2.05, 4.69) is 16.5 Å². The maximum atomic E-state index is 4.18. The van der Waals surface area contributed by atoms with Gasteiger partial charge < -0.3 is 0 Å². The van der Waals surface area contributed by atoms with Gasteiger partial charge in [0.15, 0.2) is 0 Å². The third kappa shape index (κ3) is 0.975. The van der Waals surface area contributed by atoms with Gasteiger partial charge in [0.1, 0.15) is 0 Å². The zero-order valence-electron chi connectivity index (χ0n) is 6.57. The van der Waals surface area contributed by atoms with Crippen LogP contribution in [0.3, 0.4) is 0 Å². The highest BCUT2D eigenvalue weighted by Gasteiger charge is 1.95. The van der Waals surface area contributed by atoms with E-state index in [0.29, 0.717) is 0 Å². The number of nitrogens with zero attached hydrogens (tertiary/aromatic N) is 2. The van der Waals surface area contributed by atoms with E-state index in [0.717, 1.165) is 16.5 Å². The van der Waals surface area contributed by atoms with Crippen molar-refractivity contribution < 1.29 is 0 Å². The summed E-state index contributed by atoms with van der Waals surface area (Å²) in [7, 11) is 0. The standard InChI is InChI=1S/C10H8N2/c1-2-8-3-6-12-10-7-11-5-4-9(8)10/h2-7H,1H2. The van der Waals surface area contributed by atoms with E-state index < -0.39 is 0 Å². The minimum Gasteiger partial charge on any atom is -0.262 e. The first-order valence-electron chi connectivity index (χ1n) is 3.73. The van der Waals surface area contributed by atoms with Gasteiger partial charge in [-0.3, -0.25) is 9.97 Å². The highest BCUT2D eigenvalue weighted by molar-refractivity contribution is 5.86. The lowest BCUT2D eigenvalue weighted by Gasteiger charge is -1.98. The summed E-state index contributed by atoms with van der Waals surface area (Å²) < 4.78 is 0. The minimum atomic E-state index is 0.912. The molecule has 0 atom stereocenters. The van der Waals surface area contributed by atoms with Crippen molar-refractivity contribution in [3.63, 3.8) is 0 Å². The van der Waals surface area contributed by atoms with Gasteiger partial charge in [0.2, 0.25) is 0 Å². The predicted molar refractivity (Wildman–Crippen MR) is 49.6 cm³/mol. The number of rotatable bonds is 1. The molecule has 0 fully saturated rings. The van der Waals surface area contributed by atoms with Crippen LogP contribution in [0, 0.1) is 0 Å². The van der Waals surface area contributed by atoms with Crippen LogP contribution in [0.15, 0.2) is 37.3 Å². The maximum absolute atomic E-state index is 4.18. The molecule has 0 radical (unpaired) electrons. The molecule has 0 aliphatic heterocycles. The molecular weight excluding hydrogens is 148 g/mol. The molecule has 0 unspecified atom stereocenters. The van der Waals surface area contributed by atoms with E-state index >= 15 is 0 Å². The summed E-state index contributed by atoms with van der Waals surface area (Å²) in [5.74, 6) is 0. The summed E-state index contributed by atoms with van der Waals surface area (Å²) in [6, 6.07) is 3.88. The predicted octanol–water partition coefficient (Wildman–Crippen LogP) is 2.27. The molecule has 2 nitrogen and oxygen atoms in total. The molecule has 2 rings (SSSR count). The lowest BCUT2D eigenvalue weighted by atomic mass is 10.1. The summed E-state index contributed by atoms with van der Waals surface area (Å²) in [6.45, 7) is 3.73.